The summed E-state index contributed by atoms with van der Waals surface area (Å²) in [5, 5.41) is 2.48. The summed E-state index contributed by atoms with van der Waals surface area (Å²) >= 11 is 0. The lowest BCUT2D eigenvalue weighted by Crippen LogP contribution is -2.49. The number of anilines is 1. The summed E-state index contributed by atoms with van der Waals surface area (Å²) in [4.78, 5) is 25.6. The zero-order valence-electron chi connectivity index (χ0n) is 10.8. The average molecular weight is 283 g/mol. The minimum Gasteiger partial charge on any atom is -0.371 e. The molecular weight excluding hydrogens is 268 g/mol. The summed E-state index contributed by atoms with van der Waals surface area (Å²) < 4.78 is 26.7. The van der Waals surface area contributed by atoms with Crippen LogP contribution in [0.2, 0.25) is 0 Å². The Morgan fingerprint density at radius 1 is 1.20 bits per heavy atom. The molecule has 0 atom stereocenters. The van der Waals surface area contributed by atoms with Crippen LogP contribution in [0.25, 0.3) is 0 Å². The van der Waals surface area contributed by atoms with Gasteiger partial charge in [-0.05, 0) is 12.1 Å². The molecule has 0 aliphatic carbocycles. The number of rotatable bonds is 4. The van der Waals surface area contributed by atoms with Crippen molar-refractivity contribution in [3.05, 3.63) is 29.8 Å². The Bertz CT molecular complexity index is 482. The SMILES string of the molecule is O=CN1CCN(C(=O)CNc2c(F)cccc2F)CC1. The molecule has 0 spiro atoms. The summed E-state index contributed by atoms with van der Waals surface area (Å²) in [6.45, 7) is 1.63. The van der Waals surface area contributed by atoms with Gasteiger partial charge in [-0.15, -0.1) is 0 Å². The summed E-state index contributed by atoms with van der Waals surface area (Å²) in [5.74, 6) is -1.72. The van der Waals surface area contributed by atoms with Gasteiger partial charge < -0.3 is 15.1 Å². The molecule has 0 saturated carbocycles. The largest absolute Gasteiger partial charge is 0.371 e. The lowest BCUT2D eigenvalue weighted by molar-refractivity contribution is -0.133. The summed E-state index contributed by atoms with van der Waals surface area (Å²) in [6, 6.07) is 3.51. The molecule has 1 fully saturated rings. The Morgan fingerprint density at radius 3 is 2.35 bits per heavy atom. The number of hydrogen-bond donors (Lipinski definition) is 1. The first-order chi connectivity index (χ1) is 9.61. The second-order valence-corrected chi connectivity index (χ2v) is 4.47. The maximum absolute atomic E-state index is 13.4. The molecule has 0 aromatic heterocycles. The normalized spacial score (nSPS) is 15.1. The van der Waals surface area contributed by atoms with Crippen LogP contribution < -0.4 is 5.32 Å². The van der Waals surface area contributed by atoms with Crippen LogP contribution in [-0.2, 0) is 9.59 Å². The van der Waals surface area contributed by atoms with Crippen LogP contribution in [0.5, 0.6) is 0 Å². The van der Waals surface area contributed by atoms with E-state index >= 15 is 0 Å². The Morgan fingerprint density at radius 2 is 1.80 bits per heavy atom. The molecule has 2 amide bonds. The Kier molecular flexibility index (Phi) is 4.49. The molecule has 0 radical (unpaired) electrons. The molecule has 1 aromatic rings. The maximum Gasteiger partial charge on any atom is 0.241 e. The van der Waals surface area contributed by atoms with Crippen molar-refractivity contribution >= 4 is 18.0 Å². The van der Waals surface area contributed by atoms with Crippen molar-refractivity contribution in [2.45, 2.75) is 0 Å². The van der Waals surface area contributed by atoms with Crippen LogP contribution in [0.15, 0.2) is 18.2 Å². The van der Waals surface area contributed by atoms with Gasteiger partial charge >= 0.3 is 0 Å². The molecule has 2 rings (SSSR count). The minimum absolute atomic E-state index is 0.182. The average Bonchev–Trinajstić information content (AvgIpc) is 2.46. The van der Waals surface area contributed by atoms with E-state index in [-0.39, 0.29) is 18.1 Å². The molecule has 1 saturated heterocycles. The molecule has 1 aliphatic rings. The molecule has 7 heteroatoms. The fourth-order valence-corrected chi connectivity index (χ4v) is 2.02. The standard InChI is InChI=1S/C13H15F2N3O2/c14-10-2-1-3-11(15)13(10)16-8-12(20)18-6-4-17(9-19)5-7-18/h1-3,9,16H,4-8H2. The predicted octanol–water partition coefficient (Wildman–Crippen LogP) is 0.677. The lowest BCUT2D eigenvalue weighted by atomic mass is 10.2. The van der Waals surface area contributed by atoms with Crippen LogP contribution in [0, 0.1) is 11.6 Å². The van der Waals surface area contributed by atoms with Crippen LogP contribution in [-0.4, -0.2) is 54.8 Å². The van der Waals surface area contributed by atoms with E-state index in [4.69, 9.17) is 0 Å². The predicted molar refractivity (Wildman–Crippen MR) is 69.1 cm³/mol. The van der Waals surface area contributed by atoms with Gasteiger partial charge in [0.05, 0.1) is 6.54 Å². The van der Waals surface area contributed by atoms with E-state index in [9.17, 15) is 18.4 Å². The van der Waals surface area contributed by atoms with Crippen molar-refractivity contribution in [2.75, 3.05) is 38.0 Å². The third kappa shape index (κ3) is 3.23. The molecule has 20 heavy (non-hydrogen) atoms. The highest BCUT2D eigenvalue weighted by molar-refractivity contribution is 5.81. The van der Waals surface area contributed by atoms with Gasteiger partial charge in [0.15, 0.2) is 0 Å². The first-order valence-corrected chi connectivity index (χ1v) is 6.27. The van der Waals surface area contributed by atoms with Crippen molar-refractivity contribution in [1.29, 1.82) is 0 Å². The van der Waals surface area contributed by atoms with Crippen LogP contribution in [0.3, 0.4) is 0 Å². The fraction of sp³-hybridized carbons (Fsp3) is 0.385. The second kappa shape index (κ2) is 6.31. The fourth-order valence-electron chi connectivity index (χ4n) is 2.02. The number of nitrogens with zero attached hydrogens (tertiary/aromatic N) is 2. The highest BCUT2D eigenvalue weighted by Gasteiger charge is 2.20. The van der Waals surface area contributed by atoms with Gasteiger partial charge in [-0.25, -0.2) is 8.78 Å². The molecular formula is C13H15F2N3O2. The monoisotopic (exact) mass is 283 g/mol. The third-order valence-corrected chi connectivity index (χ3v) is 3.20. The highest BCUT2D eigenvalue weighted by atomic mass is 19.1. The first-order valence-electron chi connectivity index (χ1n) is 6.27. The van der Waals surface area contributed by atoms with Gasteiger partial charge in [0, 0.05) is 26.2 Å². The van der Waals surface area contributed by atoms with Crippen molar-refractivity contribution in [3.8, 4) is 0 Å². The summed E-state index contributed by atoms with van der Waals surface area (Å²) in [6.07, 6.45) is 0.745. The van der Waals surface area contributed by atoms with E-state index in [0.29, 0.717) is 26.2 Å². The molecule has 0 bridgehead atoms. The van der Waals surface area contributed by atoms with Gasteiger partial charge in [-0.2, -0.15) is 0 Å². The number of halogens is 2. The molecule has 0 unspecified atom stereocenters. The molecule has 1 N–H and O–H groups in total. The minimum atomic E-state index is -0.733. The number of benzene rings is 1. The topological polar surface area (TPSA) is 52.7 Å². The van der Waals surface area contributed by atoms with E-state index in [2.05, 4.69) is 5.32 Å². The first kappa shape index (κ1) is 14.2. The number of carbonyl (C=O) groups is 2. The number of carbonyl (C=O) groups excluding carboxylic acids is 2. The van der Waals surface area contributed by atoms with Crippen LogP contribution in [0.4, 0.5) is 14.5 Å². The van der Waals surface area contributed by atoms with Crippen molar-refractivity contribution in [2.24, 2.45) is 0 Å². The molecule has 5 nitrogen and oxygen atoms in total. The van der Waals surface area contributed by atoms with E-state index in [1.807, 2.05) is 0 Å². The summed E-state index contributed by atoms with van der Waals surface area (Å²) in [5.41, 5.74) is -0.299. The smallest absolute Gasteiger partial charge is 0.241 e. The van der Waals surface area contributed by atoms with Gasteiger partial charge in [0.1, 0.15) is 17.3 Å². The Balaban J connectivity index is 1.88. The number of para-hydroxylation sites is 1. The van der Waals surface area contributed by atoms with E-state index in [0.717, 1.165) is 18.5 Å². The third-order valence-electron chi connectivity index (χ3n) is 3.20. The quantitative estimate of drug-likeness (QED) is 0.827. The Labute approximate surface area is 115 Å². The zero-order valence-corrected chi connectivity index (χ0v) is 10.8. The molecule has 1 heterocycles. The maximum atomic E-state index is 13.4. The van der Waals surface area contributed by atoms with E-state index in [1.165, 1.54) is 6.07 Å². The van der Waals surface area contributed by atoms with Crippen LogP contribution >= 0.6 is 0 Å². The van der Waals surface area contributed by atoms with Gasteiger partial charge in [-0.3, -0.25) is 9.59 Å². The number of nitrogens with one attached hydrogen (secondary N) is 1. The van der Waals surface area contributed by atoms with Gasteiger partial charge in [0.2, 0.25) is 12.3 Å². The van der Waals surface area contributed by atoms with E-state index in [1.54, 1.807) is 9.80 Å². The van der Waals surface area contributed by atoms with Crippen molar-refractivity contribution < 1.29 is 18.4 Å². The molecule has 1 aromatic carbocycles. The zero-order chi connectivity index (χ0) is 14.5. The number of amides is 2. The second-order valence-electron chi connectivity index (χ2n) is 4.47. The van der Waals surface area contributed by atoms with Crippen molar-refractivity contribution in [1.82, 2.24) is 9.80 Å². The number of hydrogen-bond acceptors (Lipinski definition) is 3. The van der Waals surface area contributed by atoms with Crippen molar-refractivity contribution in [3.63, 3.8) is 0 Å². The van der Waals surface area contributed by atoms with Gasteiger partial charge in [-0.1, -0.05) is 6.07 Å². The van der Waals surface area contributed by atoms with Gasteiger partial charge in [0.25, 0.3) is 0 Å². The summed E-state index contributed by atoms with van der Waals surface area (Å²) in [7, 11) is 0. The highest BCUT2D eigenvalue weighted by Crippen LogP contribution is 2.17. The lowest BCUT2D eigenvalue weighted by Gasteiger charge is -2.32. The number of piperazine rings is 1. The van der Waals surface area contributed by atoms with E-state index < -0.39 is 11.6 Å². The van der Waals surface area contributed by atoms with Crippen LogP contribution in [0.1, 0.15) is 0 Å². The molecule has 1 aliphatic heterocycles. The Hall–Kier alpha value is -2.18. The molecule has 108 valence electrons.